The van der Waals surface area contributed by atoms with Crippen molar-refractivity contribution in [3.05, 3.63) is 52.5 Å². The number of amides is 1. The normalized spacial score (nSPS) is 10.3. The van der Waals surface area contributed by atoms with E-state index in [1.807, 2.05) is 43.3 Å². The van der Waals surface area contributed by atoms with E-state index < -0.39 is 0 Å². The first-order valence-corrected chi connectivity index (χ1v) is 8.90. The van der Waals surface area contributed by atoms with Gasteiger partial charge in [-0.25, -0.2) is 0 Å². The molecular weight excluding hydrogens is 370 g/mol. The van der Waals surface area contributed by atoms with Crippen LogP contribution in [-0.4, -0.2) is 19.1 Å². The van der Waals surface area contributed by atoms with Crippen LogP contribution in [0, 0.1) is 0 Å². The maximum absolute atomic E-state index is 12.7. The molecule has 0 spiro atoms. The molecule has 128 valence electrons. The predicted octanol–water partition coefficient (Wildman–Crippen LogP) is 5.28. The first-order chi connectivity index (χ1) is 11.7. The van der Waals surface area contributed by atoms with Crippen molar-refractivity contribution >= 4 is 27.5 Å². The fourth-order valence-corrected chi connectivity index (χ4v) is 2.53. The Morgan fingerprint density at radius 1 is 1.08 bits per heavy atom. The number of nitrogens with one attached hydrogen (secondary N) is 1. The van der Waals surface area contributed by atoms with Gasteiger partial charge >= 0.3 is 0 Å². The monoisotopic (exact) mass is 391 g/mol. The maximum atomic E-state index is 12.7. The lowest BCUT2D eigenvalue weighted by molar-refractivity contribution is 0.102. The fraction of sp³-hybridized carbons (Fsp3) is 0.316. The van der Waals surface area contributed by atoms with Gasteiger partial charge in [0.1, 0.15) is 11.5 Å². The highest BCUT2D eigenvalue weighted by Gasteiger charge is 2.15. The molecule has 0 aliphatic carbocycles. The summed E-state index contributed by atoms with van der Waals surface area (Å²) in [5.41, 5.74) is 1.13. The summed E-state index contributed by atoms with van der Waals surface area (Å²) < 4.78 is 12.1. The van der Waals surface area contributed by atoms with Crippen LogP contribution in [0.4, 0.5) is 5.69 Å². The third kappa shape index (κ3) is 4.99. The highest BCUT2D eigenvalue weighted by Crippen LogP contribution is 2.28. The van der Waals surface area contributed by atoms with Crippen LogP contribution in [0.2, 0.25) is 0 Å². The molecule has 2 aromatic carbocycles. The van der Waals surface area contributed by atoms with Gasteiger partial charge in [-0.3, -0.25) is 4.79 Å². The van der Waals surface area contributed by atoms with Gasteiger partial charge in [0.25, 0.3) is 5.91 Å². The summed E-state index contributed by atoms with van der Waals surface area (Å²) in [5.74, 6) is 1.00. The zero-order chi connectivity index (χ0) is 17.4. The number of rotatable bonds is 8. The Morgan fingerprint density at radius 2 is 1.88 bits per heavy atom. The molecule has 2 aromatic rings. The molecule has 0 unspecified atom stereocenters. The fourth-order valence-electron chi connectivity index (χ4n) is 2.17. The standard InChI is InChI=1S/C19H22BrNO3/c1-3-5-12-24-17-11-10-14(20)13-15(17)19(22)21-16-8-6-7-9-18(16)23-4-2/h6-11,13H,3-5,12H2,1-2H3,(H,21,22). The number of para-hydroxylation sites is 2. The van der Waals surface area contributed by atoms with Crippen molar-refractivity contribution in [3.8, 4) is 11.5 Å². The molecule has 4 nitrogen and oxygen atoms in total. The van der Waals surface area contributed by atoms with Crippen LogP contribution in [0.15, 0.2) is 46.9 Å². The minimum Gasteiger partial charge on any atom is -0.493 e. The van der Waals surface area contributed by atoms with Crippen molar-refractivity contribution in [1.29, 1.82) is 0 Å². The summed E-state index contributed by atoms with van der Waals surface area (Å²) in [5, 5.41) is 2.90. The predicted molar refractivity (Wildman–Crippen MR) is 100 cm³/mol. The van der Waals surface area contributed by atoms with E-state index in [9.17, 15) is 4.79 Å². The van der Waals surface area contributed by atoms with Gasteiger partial charge in [-0.2, -0.15) is 0 Å². The summed E-state index contributed by atoms with van der Waals surface area (Å²) in [6.45, 7) is 5.14. The molecule has 0 saturated carbocycles. The Balaban J connectivity index is 2.21. The molecule has 0 atom stereocenters. The first kappa shape index (κ1) is 18.3. The summed E-state index contributed by atoms with van der Waals surface area (Å²) in [4.78, 5) is 12.7. The van der Waals surface area contributed by atoms with Crippen molar-refractivity contribution in [2.24, 2.45) is 0 Å². The zero-order valence-electron chi connectivity index (χ0n) is 14.0. The van der Waals surface area contributed by atoms with Gasteiger partial charge in [-0.15, -0.1) is 0 Å². The molecule has 0 saturated heterocycles. The third-order valence-corrected chi connectivity index (χ3v) is 3.87. The molecule has 0 heterocycles. The van der Waals surface area contributed by atoms with Crippen molar-refractivity contribution < 1.29 is 14.3 Å². The minimum atomic E-state index is -0.227. The Bertz CT molecular complexity index is 688. The van der Waals surface area contributed by atoms with Gasteiger partial charge < -0.3 is 14.8 Å². The van der Waals surface area contributed by atoms with Gasteiger partial charge in [-0.05, 0) is 43.7 Å². The molecule has 2 rings (SSSR count). The second-order valence-corrected chi connectivity index (χ2v) is 6.14. The van der Waals surface area contributed by atoms with E-state index >= 15 is 0 Å². The average Bonchev–Trinajstić information content (AvgIpc) is 2.58. The van der Waals surface area contributed by atoms with E-state index in [1.54, 1.807) is 6.07 Å². The average molecular weight is 392 g/mol. The number of benzene rings is 2. The Kier molecular flexibility index (Phi) is 7.12. The zero-order valence-corrected chi connectivity index (χ0v) is 15.6. The van der Waals surface area contributed by atoms with Crippen molar-refractivity contribution in [1.82, 2.24) is 0 Å². The minimum absolute atomic E-state index is 0.227. The first-order valence-electron chi connectivity index (χ1n) is 8.11. The smallest absolute Gasteiger partial charge is 0.259 e. The number of unbranched alkanes of at least 4 members (excludes halogenated alkanes) is 1. The molecule has 1 amide bonds. The van der Waals surface area contributed by atoms with Crippen LogP contribution in [-0.2, 0) is 0 Å². The molecule has 0 aliphatic rings. The topological polar surface area (TPSA) is 47.6 Å². The van der Waals surface area contributed by atoms with E-state index in [-0.39, 0.29) is 5.91 Å². The molecule has 0 radical (unpaired) electrons. The van der Waals surface area contributed by atoms with Crippen LogP contribution in [0.3, 0.4) is 0 Å². The molecule has 1 N–H and O–H groups in total. The van der Waals surface area contributed by atoms with Crippen LogP contribution in [0.1, 0.15) is 37.0 Å². The number of anilines is 1. The molecule has 0 aromatic heterocycles. The van der Waals surface area contributed by atoms with Gasteiger partial charge in [0.05, 0.1) is 24.5 Å². The lowest BCUT2D eigenvalue weighted by Gasteiger charge is -2.14. The van der Waals surface area contributed by atoms with Crippen LogP contribution < -0.4 is 14.8 Å². The Hall–Kier alpha value is -2.01. The quantitative estimate of drug-likeness (QED) is 0.622. The highest BCUT2D eigenvalue weighted by atomic mass is 79.9. The number of carbonyl (C=O) groups excluding carboxylic acids is 1. The van der Waals surface area contributed by atoms with Crippen LogP contribution in [0.25, 0.3) is 0 Å². The molecule has 5 heteroatoms. The maximum Gasteiger partial charge on any atom is 0.259 e. The van der Waals surface area contributed by atoms with Crippen LogP contribution in [0.5, 0.6) is 11.5 Å². The van der Waals surface area contributed by atoms with E-state index in [4.69, 9.17) is 9.47 Å². The largest absolute Gasteiger partial charge is 0.493 e. The van der Waals surface area contributed by atoms with Gasteiger partial charge in [0.15, 0.2) is 0 Å². The van der Waals surface area contributed by atoms with Gasteiger partial charge in [-0.1, -0.05) is 41.4 Å². The second-order valence-electron chi connectivity index (χ2n) is 5.23. The SMILES string of the molecule is CCCCOc1ccc(Br)cc1C(=O)Nc1ccccc1OCC. The van der Waals surface area contributed by atoms with E-state index in [0.717, 1.165) is 17.3 Å². The number of hydrogen-bond donors (Lipinski definition) is 1. The second kappa shape index (κ2) is 9.33. The van der Waals surface area contributed by atoms with Crippen molar-refractivity contribution in [2.45, 2.75) is 26.7 Å². The lowest BCUT2D eigenvalue weighted by atomic mass is 10.1. The molecule has 24 heavy (non-hydrogen) atoms. The van der Waals surface area contributed by atoms with Gasteiger partial charge in [0, 0.05) is 4.47 Å². The summed E-state index contributed by atoms with van der Waals surface area (Å²) in [7, 11) is 0. The highest BCUT2D eigenvalue weighted by molar-refractivity contribution is 9.10. The number of carbonyl (C=O) groups is 1. The Labute approximate surface area is 151 Å². The number of ether oxygens (including phenoxy) is 2. The van der Waals surface area contributed by atoms with E-state index in [2.05, 4.69) is 28.2 Å². The van der Waals surface area contributed by atoms with E-state index in [0.29, 0.717) is 36.0 Å². The van der Waals surface area contributed by atoms with Crippen molar-refractivity contribution in [3.63, 3.8) is 0 Å². The lowest BCUT2D eigenvalue weighted by Crippen LogP contribution is -2.15. The van der Waals surface area contributed by atoms with Crippen LogP contribution >= 0.6 is 15.9 Å². The molecular formula is C19H22BrNO3. The molecule has 0 bridgehead atoms. The molecule has 0 fully saturated rings. The molecule has 0 aliphatic heterocycles. The number of hydrogen-bond acceptors (Lipinski definition) is 3. The summed E-state index contributed by atoms with van der Waals surface area (Å²) in [6, 6.07) is 12.8. The number of halogens is 1. The van der Waals surface area contributed by atoms with Gasteiger partial charge in [0.2, 0.25) is 0 Å². The van der Waals surface area contributed by atoms with Crippen molar-refractivity contribution in [2.75, 3.05) is 18.5 Å². The summed E-state index contributed by atoms with van der Waals surface area (Å²) in [6.07, 6.45) is 1.99. The third-order valence-electron chi connectivity index (χ3n) is 3.38. The van der Waals surface area contributed by atoms with E-state index in [1.165, 1.54) is 0 Å². The Morgan fingerprint density at radius 3 is 2.62 bits per heavy atom. The summed E-state index contributed by atoms with van der Waals surface area (Å²) >= 11 is 3.41.